The molecule has 0 fully saturated rings. The number of ether oxygens (including phenoxy) is 2. The zero-order valence-corrected chi connectivity index (χ0v) is 14.8. The molecule has 0 aromatic heterocycles. The highest BCUT2D eigenvalue weighted by Gasteiger charge is 2.21. The lowest BCUT2D eigenvalue weighted by atomic mass is 10.1. The fraction of sp³-hybridized carbons (Fsp3) is 0.632. The number of benzene rings is 1. The molecule has 0 amide bonds. The summed E-state index contributed by atoms with van der Waals surface area (Å²) in [4.78, 5) is 22.3. The molecule has 24 heavy (non-hydrogen) atoms. The highest BCUT2D eigenvalue weighted by atomic mass is 16.5. The van der Waals surface area contributed by atoms with Gasteiger partial charge in [0.15, 0.2) is 6.04 Å². The average Bonchev–Trinajstić information content (AvgIpc) is 2.57. The molecule has 5 heteroatoms. The van der Waals surface area contributed by atoms with E-state index in [1.54, 1.807) is 13.8 Å². The average molecular weight is 335 g/mol. The molecule has 0 aliphatic rings. The number of esters is 1. The summed E-state index contributed by atoms with van der Waals surface area (Å²) in [6.45, 7) is 4.27. The number of carbonyl (C=O) groups is 1. The summed E-state index contributed by atoms with van der Waals surface area (Å²) < 4.78 is 10.7. The molecule has 0 saturated carbocycles. The topological polar surface area (TPSA) is 65.0 Å². The van der Waals surface area contributed by atoms with Gasteiger partial charge in [0.05, 0.1) is 12.7 Å². The Labute approximate surface area is 144 Å². The maximum absolute atomic E-state index is 11.6. The van der Waals surface area contributed by atoms with Gasteiger partial charge in [0, 0.05) is 0 Å². The van der Waals surface area contributed by atoms with Crippen LogP contribution in [0.2, 0.25) is 0 Å². The maximum atomic E-state index is 11.6. The third-order valence-electron chi connectivity index (χ3n) is 3.64. The van der Waals surface area contributed by atoms with Crippen LogP contribution in [0.3, 0.4) is 0 Å². The van der Waals surface area contributed by atoms with Gasteiger partial charge in [-0.15, -0.1) is 4.91 Å². The SMILES string of the molecule is CC(C)OC(=O)C(CCCCCCCCOc1ccccc1)N=O. The first kappa shape index (κ1) is 20.1. The van der Waals surface area contributed by atoms with Gasteiger partial charge in [0.2, 0.25) is 0 Å². The Kier molecular flexibility index (Phi) is 10.5. The lowest BCUT2D eigenvalue weighted by molar-refractivity contribution is -0.149. The van der Waals surface area contributed by atoms with E-state index in [4.69, 9.17) is 9.47 Å². The predicted molar refractivity (Wildman–Crippen MR) is 95.1 cm³/mol. The molecule has 0 aliphatic heterocycles. The van der Waals surface area contributed by atoms with E-state index in [2.05, 4.69) is 5.18 Å². The van der Waals surface area contributed by atoms with Gasteiger partial charge in [-0.2, -0.15) is 0 Å². The number of nitrogens with zero attached hydrogens (tertiary/aromatic N) is 1. The lowest BCUT2D eigenvalue weighted by Crippen LogP contribution is -2.24. The molecule has 1 rings (SSSR count). The highest BCUT2D eigenvalue weighted by molar-refractivity contribution is 5.76. The van der Waals surface area contributed by atoms with E-state index < -0.39 is 12.0 Å². The van der Waals surface area contributed by atoms with Crippen LogP contribution in [0.25, 0.3) is 0 Å². The number of para-hydroxylation sites is 1. The van der Waals surface area contributed by atoms with Crippen LogP contribution in [-0.4, -0.2) is 24.7 Å². The van der Waals surface area contributed by atoms with E-state index in [1.165, 1.54) is 0 Å². The van der Waals surface area contributed by atoms with Gasteiger partial charge < -0.3 is 9.47 Å². The third-order valence-corrected chi connectivity index (χ3v) is 3.64. The van der Waals surface area contributed by atoms with Crippen molar-refractivity contribution in [3.05, 3.63) is 35.2 Å². The summed E-state index contributed by atoms with van der Waals surface area (Å²) in [5.41, 5.74) is 0. The molecule has 1 aromatic carbocycles. The van der Waals surface area contributed by atoms with Crippen LogP contribution in [0, 0.1) is 4.91 Å². The summed E-state index contributed by atoms with van der Waals surface area (Å²) in [6, 6.07) is 8.97. The highest BCUT2D eigenvalue weighted by Crippen LogP contribution is 2.13. The van der Waals surface area contributed by atoms with Gasteiger partial charge in [-0.1, -0.05) is 55.5 Å². The fourth-order valence-electron chi connectivity index (χ4n) is 2.38. The molecule has 0 heterocycles. The van der Waals surface area contributed by atoms with E-state index in [0.29, 0.717) is 6.42 Å². The largest absolute Gasteiger partial charge is 0.494 e. The van der Waals surface area contributed by atoms with Crippen LogP contribution >= 0.6 is 0 Å². The van der Waals surface area contributed by atoms with Gasteiger partial charge in [-0.25, -0.2) is 4.79 Å². The molecular weight excluding hydrogens is 306 g/mol. The van der Waals surface area contributed by atoms with Crippen molar-refractivity contribution < 1.29 is 14.3 Å². The quantitative estimate of drug-likeness (QED) is 0.293. The first-order chi connectivity index (χ1) is 11.6. The molecule has 0 radical (unpaired) electrons. The summed E-state index contributed by atoms with van der Waals surface area (Å²) in [7, 11) is 0. The van der Waals surface area contributed by atoms with Crippen LogP contribution in [0.1, 0.15) is 58.8 Å². The van der Waals surface area contributed by atoms with Gasteiger partial charge in [-0.3, -0.25) is 0 Å². The van der Waals surface area contributed by atoms with Crippen molar-refractivity contribution in [3.63, 3.8) is 0 Å². The molecule has 0 aliphatic carbocycles. The minimum absolute atomic E-state index is 0.208. The molecule has 0 spiro atoms. The smallest absolute Gasteiger partial charge is 0.334 e. The molecular formula is C19H29NO4. The van der Waals surface area contributed by atoms with Crippen LogP contribution in [0.15, 0.2) is 35.5 Å². The Hall–Kier alpha value is -1.91. The van der Waals surface area contributed by atoms with Crippen molar-refractivity contribution in [2.24, 2.45) is 5.18 Å². The van der Waals surface area contributed by atoms with Crippen LogP contribution in [0.4, 0.5) is 0 Å². The van der Waals surface area contributed by atoms with Crippen LogP contribution in [0.5, 0.6) is 5.75 Å². The maximum Gasteiger partial charge on any atom is 0.334 e. The van der Waals surface area contributed by atoms with Gasteiger partial charge in [-0.05, 0) is 38.8 Å². The van der Waals surface area contributed by atoms with Crippen molar-refractivity contribution in [3.8, 4) is 5.75 Å². The molecule has 0 bridgehead atoms. The Morgan fingerprint density at radius 1 is 1.00 bits per heavy atom. The monoisotopic (exact) mass is 335 g/mol. The minimum Gasteiger partial charge on any atom is -0.494 e. The molecule has 134 valence electrons. The zero-order valence-electron chi connectivity index (χ0n) is 14.8. The molecule has 1 unspecified atom stereocenters. The fourth-order valence-corrected chi connectivity index (χ4v) is 2.38. The zero-order chi connectivity index (χ0) is 17.6. The second-order valence-electron chi connectivity index (χ2n) is 6.18. The Balaban J connectivity index is 1.97. The second-order valence-corrected chi connectivity index (χ2v) is 6.18. The summed E-state index contributed by atoms with van der Waals surface area (Å²) in [5, 5.41) is 2.89. The predicted octanol–water partition coefficient (Wildman–Crippen LogP) is 4.88. The van der Waals surface area contributed by atoms with Crippen molar-refractivity contribution in [1.29, 1.82) is 0 Å². The molecule has 0 N–H and O–H groups in total. The number of hydrogen-bond acceptors (Lipinski definition) is 5. The van der Waals surface area contributed by atoms with E-state index in [9.17, 15) is 9.70 Å². The number of rotatable bonds is 13. The standard InChI is InChI=1S/C19H29NO4/c1-16(2)24-19(21)18(20-22)14-10-5-3-4-6-11-15-23-17-12-8-7-9-13-17/h7-9,12-13,16,18H,3-6,10-11,14-15H2,1-2H3. The minimum atomic E-state index is -0.855. The van der Waals surface area contributed by atoms with Crippen LogP contribution in [-0.2, 0) is 9.53 Å². The van der Waals surface area contributed by atoms with E-state index in [0.717, 1.165) is 50.9 Å². The summed E-state index contributed by atoms with van der Waals surface area (Å²) in [5.74, 6) is 0.413. The van der Waals surface area contributed by atoms with E-state index >= 15 is 0 Å². The van der Waals surface area contributed by atoms with Crippen LogP contribution < -0.4 is 4.74 Å². The first-order valence-corrected chi connectivity index (χ1v) is 8.84. The van der Waals surface area contributed by atoms with Gasteiger partial charge >= 0.3 is 5.97 Å². The third kappa shape index (κ3) is 9.28. The number of hydrogen-bond donors (Lipinski definition) is 0. The summed E-state index contributed by atoms with van der Waals surface area (Å²) >= 11 is 0. The van der Waals surface area contributed by atoms with Gasteiger partial charge in [0.25, 0.3) is 0 Å². The van der Waals surface area contributed by atoms with E-state index in [1.807, 2.05) is 30.3 Å². The number of unbranched alkanes of at least 4 members (excludes halogenated alkanes) is 5. The molecule has 1 aromatic rings. The molecule has 1 atom stereocenters. The van der Waals surface area contributed by atoms with Crippen molar-refractivity contribution >= 4 is 5.97 Å². The van der Waals surface area contributed by atoms with Crippen molar-refractivity contribution in [2.75, 3.05) is 6.61 Å². The molecule has 5 nitrogen and oxygen atoms in total. The van der Waals surface area contributed by atoms with Crippen molar-refractivity contribution in [2.45, 2.75) is 70.9 Å². The van der Waals surface area contributed by atoms with E-state index in [-0.39, 0.29) is 6.10 Å². The summed E-state index contributed by atoms with van der Waals surface area (Å²) in [6.07, 6.45) is 6.48. The van der Waals surface area contributed by atoms with Gasteiger partial charge in [0.1, 0.15) is 5.75 Å². The Bertz CT molecular complexity index is 462. The lowest BCUT2D eigenvalue weighted by Gasteiger charge is -2.11. The second kappa shape index (κ2) is 12.5. The number of carbonyl (C=O) groups excluding carboxylic acids is 1. The molecule has 0 saturated heterocycles. The van der Waals surface area contributed by atoms with Crippen molar-refractivity contribution in [1.82, 2.24) is 0 Å². The Morgan fingerprint density at radius 3 is 2.25 bits per heavy atom. The first-order valence-electron chi connectivity index (χ1n) is 8.84. The Morgan fingerprint density at radius 2 is 1.62 bits per heavy atom. The normalized spacial score (nSPS) is 12.0. The number of nitroso groups, excluding NO2 is 1.